The number of allylic oxidation sites excluding steroid dienone is 4. The van der Waals surface area contributed by atoms with Crippen molar-refractivity contribution >= 4 is 5.71 Å². The normalized spacial score (nSPS) is 16.9. The monoisotopic (exact) mass is 259 g/mol. The minimum absolute atomic E-state index is 0.00776. The summed E-state index contributed by atoms with van der Waals surface area (Å²) in [7, 11) is 0. The Hall–Kier alpha value is -2.50. The van der Waals surface area contributed by atoms with Crippen molar-refractivity contribution in [3.63, 3.8) is 0 Å². The van der Waals surface area contributed by atoms with E-state index in [0.717, 1.165) is 5.69 Å². The summed E-state index contributed by atoms with van der Waals surface area (Å²) in [5.41, 5.74) is 1.29. The first-order valence-electron chi connectivity index (χ1n) is 5.84. The van der Waals surface area contributed by atoms with Gasteiger partial charge in [-0.15, -0.1) is 0 Å². The van der Waals surface area contributed by atoms with Crippen LogP contribution in [-0.2, 0) is 6.42 Å². The summed E-state index contributed by atoms with van der Waals surface area (Å²) in [6.45, 7) is 0.440. The Morgan fingerprint density at radius 3 is 2.95 bits per heavy atom. The van der Waals surface area contributed by atoms with Crippen LogP contribution in [-0.4, -0.2) is 27.3 Å². The molecule has 1 heterocycles. The minimum Gasteiger partial charge on any atom is -0.506 e. The number of aliphatic imine (C=N–C) groups is 1. The van der Waals surface area contributed by atoms with E-state index in [1.54, 1.807) is 6.20 Å². The number of pyridine rings is 1. The largest absolute Gasteiger partial charge is 0.506 e. The highest BCUT2D eigenvalue weighted by atomic mass is 16.6. The van der Waals surface area contributed by atoms with E-state index in [2.05, 4.69) is 9.98 Å². The van der Waals surface area contributed by atoms with Gasteiger partial charge in [0.15, 0.2) is 0 Å². The fraction of sp³-hybridized carbons (Fsp3) is 0.231. The molecular weight excluding hydrogens is 246 g/mol. The predicted octanol–water partition coefficient (Wildman–Crippen LogP) is 2.07. The molecule has 0 spiro atoms. The Morgan fingerprint density at radius 2 is 2.26 bits per heavy atom. The van der Waals surface area contributed by atoms with Crippen molar-refractivity contribution < 1.29 is 10.0 Å². The van der Waals surface area contributed by atoms with E-state index in [-0.39, 0.29) is 17.9 Å². The number of hydrogen-bond donors (Lipinski definition) is 1. The van der Waals surface area contributed by atoms with E-state index in [9.17, 15) is 15.2 Å². The molecule has 1 aromatic heterocycles. The van der Waals surface area contributed by atoms with Crippen LogP contribution < -0.4 is 0 Å². The molecular formula is C13H13N3O3. The summed E-state index contributed by atoms with van der Waals surface area (Å²) in [6.07, 6.45) is 5.00. The number of aliphatic hydroxyl groups excluding tert-OH is 1. The summed E-state index contributed by atoms with van der Waals surface area (Å²) in [5, 5.41) is 20.3. The van der Waals surface area contributed by atoms with E-state index >= 15 is 0 Å². The molecule has 0 amide bonds. The fourth-order valence-corrected chi connectivity index (χ4v) is 1.71. The first-order chi connectivity index (χ1) is 9.16. The predicted molar refractivity (Wildman–Crippen MR) is 70.6 cm³/mol. The van der Waals surface area contributed by atoms with Gasteiger partial charge in [0.25, 0.3) is 5.70 Å². The minimum atomic E-state index is -0.461. The number of rotatable bonds is 4. The standard InChI is InChI=1S/C13H13N3O3/c17-13-5-4-11(16(18)19)9-12(13)15-8-6-10-3-1-2-7-14-10/h1-5,7,17H,6,8-9H2. The Bertz CT molecular complexity index is 562. The van der Waals surface area contributed by atoms with E-state index in [1.165, 1.54) is 12.2 Å². The van der Waals surface area contributed by atoms with Crippen molar-refractivity contribution in [2.75, 3.05) is 6.54 Å². The molecule has 0 bridgehead atoms. The maximum absolute atomic E-state index is 10.7. The second-order valence-corrected chi connectivity index (χ2v) is 4.04. The summed E-state index contributed by atoms with van der Waals surface area (Å²) < 4.78 is 0. The van der Waals surface area contributed by atoms with Gasteiger partial charge >= 0.3 is 0 Å². The smallest absolute Gasteiger partial charge is 0.252 e. The van der Waals surface area contributed by atoms with E-state index in [4.69, 9.17) is 0 Å². The fourth-order valence-electron chi connectivity index (χ4n) is 1.71. The SMILES string of the molecule is O=[N+]([O-])C1=CC=C(O)C(=NCCc2ccccn2)C1. The molecule has 0 saturated heterocycles. The topological polar surface area (TPSA) is 88.6 Å². The number of hydrogen-bond acceptors (Lipinski definition) is 5. The van der Waals surface area contributed by atoms with E-state index in [0.29, 0.717) is 18.7 Å². The molecule has 0 aromatic carbocycles. The lowest BCUT2D eigenvalue weighted by atomic mass is 10.1. The molecule has 1 aliphatic rings. The van der Waals surface area contributed by atoms with Crippen LogP contribution in [0.3, 0.4) is 0 Å². The molecule has 1 aromatic rings. The summed E-state index contributed by atoms with van der Waals surface area (Å²) in [6, 6.07) is 5.61. The molecule has 98 valence electrons. The van der Waals surface area contributed by atoms with Crippen LogP contribution in [0.1, 0.15) is 12.1 Å². The zero-order chi connectivity index (χ0) is 13.7. The number of nitro groups is 1. The van der Waals surface area contributed by atoms with Gasteiger partial charge in [-0.25, -0.2) is 0 Å². The van der Waals surface area contributed by atoms with E-state index < -0.39 is 4.92 Å². The number of aliphatic hydroxyl groups is 1. The second-order valence-electron chi connectivity index (χ2n) is 4.04. The zero-order valence-corrected chi connectivity index (χ0v) is 10.2. The Labute approximate surface area is 110 Å². The van der Waals surface area contributed by atoms with Crippen molar-refractivity contribution in [3.8, 4) is 0 Å². The lowest BCUT2D eigenvalue weighted by Gasteiger charge is -2.08. The van der Waals surface area contributed by atoms with Gasteiger partial charge in [-0.1, -0.05) is 6.07 Å². The van der Waals surface area contributed by atoms with Crippen molar-refractivity contribution in [1.29, 1.82) is 0 Å². The molecule has 0 atom stereocenters. The quantitative estimate of drug-likeness (QED) is 0.662. The van der Waals surface area contributed by atoms with Crippen molar-refractivity contribution in [1.82, 2.24) is 4.98 Å². The van der Waals surface area contributed by atoms with Crippen LogP contribution in [0.4, 0.5) is 0 Å². The molecule has 19 heavy (non-hydrogen) atoms. The second kappa shape index (κ2) is 5.90. The van der Waals surface area contributed by atoms with Gasteiger partial charge in [0, 0.05) is 30.9 Å². The third kappa shape index (κ3) is 3.48. The Kier molecular flexibility index (Phi) is 4.02. The lowest BCUT2D eigenvalue weighted by molar-refractivity contribution is -0.426. The van der Waals surface area contributed by atoms with Crippen LogP contribution in [0.25, 0.3) is 0 Å². The van der Waals surface area contributed by atoms with Gasteiger partial charge in [-0.05, 0) is 18.2 Å². The van der Waals surface area contributed by atoms with Crippen molar-refractivity contribution in [2.45, 2.75) is 12.8 Å². The lowest BCUT2D eigenvalue weighted by Crippen LogP contribution is -2.13. The third-order valence-electron chi connectivity index (χ3n) is 2.71. The molecule has 0 fully saturated rings. The highest BCUT2D eigenvalue weighted by Gasteiger charge is 2.20. The highest BCUT2D eigenvalue weighted by Crippen LogP contribution is 2.15. The molecule has 0 radical (unpaired) electrons. The summed E-state index contributed by atoms with van der Waals surface area (Å²) in [5.74, 6) is -0.00776. The Balaban J connectivity index is 1.99. The molecule has 0 aliphatic heterocycles. The van der Waals surface area contributed by atoms with Crippen LogP contribution in [0.2, 0.25) is 0 Å². The average Bonchev–Trinajstić information content (AvgIpc) is 2.42. The molecule has 0 saturated carbocycles. The molecule has 2 rings (SSSR count). The van der Waals surface area contributed by atoms with Crippen LogP contribution >= 0.6 is 0 Å². The molecule has 0 unspecified atom stereocenters. The van der Waals surface area contributed by atoms with Gasteiger partial charge < -0.3 is 5.11 Å². The maximum atomic E-state index is 10.7. The van der Waals surface area contributed by atoms with Crippen molar-refractivity contribution in [2.24, 2.45) is 4.99 Å². The molecule has 6 heteroatoms. The number of aromatic nitrogens is 1. The zero-order valence-electron chi connectivity index (χ0n) is 10.2. The average molecular weight is 259 g/mol. The summed E-state index contributed by atoms with van der Waals surface area (Å²) >= 11 is 0. The van der Waals surface area contributed by atoms with Gasteiger partial charge in [0.1, 0.15) is 5.76 Å². The van der Waals surface area contributed by atoms with Gasteiger partial charge in [0.2, 0.25) is 0 Å². The molecule has 1 aliphatic carbocycles. The van der Waals surface area contributed by atoms with Crippen LogP contribution in [0.5, 0.6) is 0 Å². The van der Waals surface area contributed by atoms with Gasteiger partial charge in [-0.3, -0.25) is 20.1 Å². The van der Waals surface area contributed by atoms with E-state index in [1.807, 2.05) is 18.2 Å². The first-order valence-corrected chi connectivity index (χ1v) is 5.84. The van der Waals surface area contributed by atoms with Crippen LogP contribution in [0.15, 0.2) is 53.0 Å². The Morgan fingerprint density at radius 1 is 1.42 bits per heavy atom. The number of nitrogens with zero attached hydrogens (tertiary/aromatic N) is 3. The van der Waals surface area contributed by atoms with Gasteiger partial charge in [-0.2, -0.15) is 0 Å². The molecule has 6 nitrogen and oxygen atoms in total. The van der Waals surface area contributed by atoms with Crippen LogP contribution in [0, 0.1) is 10.1 Å². The highest BCUT2D eigenvalue weighted by molar-refractivity contribution is 6.00. The summed E-state index contributed by atoms with van der Waals surface area (Å²) in [4.78, 5) is 18.6. The maximum Gasteiger partial charge on any atom is 0.252 e. The first kappa shape index (κ1) is 12.9. The molecule has 1 N–H and O–H groups in total. The van der Waals surface area contributed by atoms with Crippen molar-refractivity contribution in [3.05, 3.63) is 63.8 Å². The van der Waals surface area contributed by atoms with Gasteiger partial charge in [0.05, 0.1) is 17.1 Å². The third-order valence-corrected chi connectivity index (χ3v) is 2.71.